The summed E-state index contributed by atoms with van der Waals surface area (Å²) in [5, 5.41) is 4.06. The molecular formula is C22H17N5O3. The van der Waals surface area contributed by atoms with Gasteiger partial charge in [-0.25, -0.2) is 10.4 Å². The molecule has 4 aromatic rings. The van der Waals surface area contributed by atoms with Crippen LogP contribution in [-0.4, -0.2) is 33.4 Å². The SMILES string of the molecule is O=C(Cn1c(-c2ccccn2)nc2ccccc21)NN=Cc1ccc2c(c1)OCO2. The number of hydrazone groups is 1. The summed E-state index contributed by atoms with van der Waals surface area (Å²) < 4.78 is 12.5. The average Bonchev–Trinajstić information content (AvgIpc) is 3.39. The minimum atomic E-state index is -0.271. The number of nitrogens with one attached hydrogen (secondary N) is 1. The van der Waals surface area contributed by atoms with E-state index in [9.17, 15) is 4.79 Å². The minimum Gasteiger partial charge on any atom is -0.454 e. The summed E-state index contributed by atoms with van der Waals surface area (Å²) in [7, 11) is 0. The summed E-state index contributed by atoms with van der Waals surface area (Å²) in [6, 6.07) is 18.7. The van der Waals surface area contributed by atoms with Crippen molar-refractivity contribution in [2.24, 2.45) is 5.10 Å². The van der Waals surface area contributed by atoms with Crippen molar-refractivity contribution in [3.8, 4) is 23.0 Å². The number of para-hydroxylation sites is 2. The normalized spacial score (nSPS) is 12.5. The molecule has 1 amide bonds. The highest BCUT2D eigenvalue weighted by Crippen LogP contribution is 2.32. The second-order valence-corrected chi connectivity index (χ2v) is 6.63. The first-order valence-electron chi connectivity index (χ1n) is 9.36. The van der Waals surface area contributed by atoms with Gasteiger partial charge in [-0.15, -0.1) is 0 Å². The van der Waals surface area contributed by atoms with E-state index in [4.69, 9.17) is 9.47 Å². The van der Waals surface area contributed by atoms with E-state index in [-0.39, 0.29) is 19.2 Å². The molecular weight excluding hydrogens is 382 g/mol. The number of hydrogen-bond acceptors (Lipinski definition) is 6. The molecule has 2 aromatic heterocycles. The molecule has 3 heterocycles. The van der Waals surface area contributed by atoms with Crippen LogP contribution in [0, 0.1) is 0 Å². The Hall–Kier alpha value is -4.20. The number of fused-ring (bicyclic) bond motifs is 2. The van der Waals surface area contributed by atoms with Crippen molar-refractivity contribution in [1.29, 1.82) is 0 Å². The number of nitrogens with zero attached hydrogens (tertiary/aromatic N) is 4. The first kappa shape index (κ1) is 17.9. The third-order valence-electron chi connectivity index (χ3n) is 4.65. The highest BCUT2D eigenvalue weighted by Gasteiger charge is 2.16. The maximum absolute atomic E-state index is 12.6. The van der Waals surface area contributed by atoms with Gasteiger partial charge in [0.05, 0.1) is 17.2 Å². The zero-order valence-corrected chi connectivity index (χ0v) is 15.9. The number of ether oxygens (including phenoxy) is 2. The van der Waals surface area contributed by atoms with E-state index in [0.29, 0.717) is 23.0 Å². The van der Waals surface area contributed by atoms with Crippen LogP contribution in [0.1, 0.15) is 5.56 Å². The van der Waals surface area contributed by atoms with Gasteiger partial charge in [0.25, 0.3) is 5.91 Å². The molecule has 5 rings (SSSR count). The van der Waals surface area contributed by atoms with Gasteiger partial charge in [0, 0.05) is 6.20 Å². The van der Waals surface area contributed by atoms with E-state index >= 15 is 0 Å². The molecule has 0 fully saturated rings. The summed E-state index contributed by atoms with van der Waals surface area (Å²) in [5.74, 6) is 1.72. The van der Waals surface area contributed by atoms with E-state index in [1.54, 1.807) is 18.5 Å². The molecule has 148 valence electrons. The number of amides is 1. The number of aromatic nitrogens is 3. The third-order valence-corrected chi connectivity index (χ3v) is 4.65. The van der Waals surface area contributed by atoms with Crippen LogP contribution in [0.25, 0.3) is 22.6 Å². The van der Waals surface area contributed by atoms with Crippen LogP contribution >= 0.6 is 0 Å². The molecule has 0 saturated heterocycles. The zero-order chi connectivity index (χ0) is 20.3. The van der Waals surface area contributed by atoms with Crippen LogP contribution in [-0.2, 0) is 11.3 Å². The number of rotatable bonds is 5. The van der Waals surface area contributed by atoms with Crippen LogP contribution in [0.15, 0.2) is 72.0 Å². The molecule has 2 aromatic carbocycles. The van der Waals surface area contributed by atoms with Gasteiger partial charge in [0.1, 0.15) is 12.2 Å². The quantitative estimate of drug-likeness (QED) is 0.412. The van der Waals surface area contributed by atoms with Crippen molar-refractivity contribution in [2.75, 3.05) is 6.79 Å². The van der Waals surface area contributed by atoms with Gasteiger partial charge in [-0.1, -0.05) is 18.2 Å². The molecule has 0 spiro atoms. The van der Waals surface area contributed by atoms with Crippen LogP contribution in [0.3, 0.4) is 0 Å². The number of pyridine rings is 1. The van der Waals surface area contributed by atoms with Crippen LogP contribution in [0.4, 0.5) is 0 Å². The largest absolute Gasteiger partial charge is 0.454 e. The van der Waals surface area contributed by atoms with Crippen molar-refractivity contribution >= 4 is 23.2 Å². The Morgan fingerprint density at radius 1 is 1.10 bits per heavy atom. The molecule has 1 N–H and O–H groups in total. The minimum absolute atomic E-state index is 0.0604. The predicted molar refractivity (Wildman–Crippen MR) is 111 cm³/mol. The Balaban J connectivity index is 1.36. The maximum Gasteiger partial charge on any atom is 0.260 e. The Morgan fingerprint density at radius 3 is 2.87 bits per heavy atom. The van der Waals surface area contributed by atoms with Crippen LogP contribution in [0.5, 0.6) is 11.5 Å². The summed E-state index contributed by atoms with van der Waals surface area (Å²) >= 11 is 0. The van der Waals surface area contributed by atoms with Crippen molar-refractivity contribution in [2.45, 2.75) is 6.54 Å². The van der Waals surface area contributed by atoms with E-state index in [2.05, 4.69) is 20.5 Å². The highest BCUT2D eigenvalue weighted by molar-refractivity contribution is 5.86. The van der Waals surface area contributed by atoms with Crippen molar-refractivity contribution < 1.29 is 14.3 Å². The summed E-state index contributed by atoms with van der Waals surface area (Å²) in [4.78, 5) is 21.6. The molecule has 0 unspecified atom stereocenters. The molecule has 0 atom stereocenters. The smallest absolute Gasteiger partial charge is 0.260 e. The lowest BCUT2D eigenvalue weighted by atomic mass is 10.2. The predicted octanol–water partition coefficient (Wildman–Crippen LogP) is 2.98. The van der Waals surface area contributed by atoms with Crippen LogP contribution < -0.4 is 14.9 Å². The molecule has 0 radical (unpaired) electrons. The molecule has 1 aliphatic rings. The van der Waals surface area contributed by atoms with Gasteiger partial charge < -0.3 is 14.0 Å². The third kappa shape index (κ3) is 3.46. The van der Waals surface area contributed by atoms with E-state index in [0.717, 1.165) is 16.6 Å². The van der Waals surface area contributed by atoms with Gasteiger partial charge in [0.2, 0.25) is 6.79 Å². The second kappa shape index (κ2) is 7.67. The monoisotopic (exact) mass is 399 g/mol. The zero-order valence-electron chi connectivity index (χ0n) is 15.9. The second-order valence-electron chi connectivity index (χ2n) is 6.63. The first-order chi connectivity index (χ1) is 14.8. The molecule has 0 aliphatic carbocycles. The fourth-order valence-corrected chi connectivity index (χ4v) is 3.28. The molecule has 8 heteroatoms. The lowest BCUT2D eigenvalue weighted by Crippen LogP contribution is -2.23. The van der Waals surface area contributed by atoms with Crippen molar-refractivity contribution in [3.05, 3.63) is 72.4 Å². The number of hydrogen-bond donors (Lipinski definition) is 1. The number of carbonyl (C=O) groups excluding carboxylic acids is 1. The molecule has 30 heavy (non-hydrogen) atoms. The van der Waals surface area contributed by atoms with E-state index < -0.39 is 0 Å². The summed E-state index contributed by atoms with van der Waals surface area (Å²) in [6.07, 6.45) is 3.26. The Kier molecular flexibility index (Phi) is 4.57. The standard InChI is InChI=1S/C22H17N5O3/c28-21(26-24-12-15-8-9-19-20(11-15)30-14-29-19)13-27-18-7-2-1-5-16(18)25-22(27)17-6-3-4-10-23-17/h1-12H,13-14H2,(H,26,28). The number of imidazole rings is 1. The Labute approximate surface area is 171 Å². The summed E-state index contributed by atoms with van der Waals surface area (Å²) in [5.41, 5.74) is 5.72. The fraction of sp³-hybridized carbons (Fsp3) is 0.0909. The van der Waals surface area contributed by atoms with Gasteiger partial charge in [0.15, 0.2) is 17.3 Å². The van der Waals surface area contributed by atoms with Gasteiger partial charge >= 0.3 is 0 Å². The maximum atomic E-state index is 12.6. The lowest BCUT2D eigenvalue weighted by Gasteiger charge is -2.07. The van der Waals surface area contributed by atoms with E-state index in [1.807, 2.05) is 59.2 Å². The van der Waals surface area contributed by atoms with Crippen molar-refractivity contribution in [3.63, 3.8) is 0 Å². The molecule has 0 saturated carbocycles. The van der Waals surface area contributed by atoms with Gasteiger partial charge in [-0.05, 0) is 48.0 Å². The topological polar surface area (TPSA) is 90.6 Å². The summed E-state index contributed by atoms with van der Waals surface area (Å²) in [6.45, 7) is 0.273. The van der Waals surface area contributed by atoms with E-state index in [1.165, 1.54) is 0 Å². The first-order valence-corrected chi connectivity index (χ1v) is 9.36. The Bertz CT molecular complexity index is 1250. The van der Waals surface area contributed by atoms with Gasteiger partial charge in [-0.3, -0.25) is 9.78 Å². The highest BCUT2D eigenvalue weighted by atomic mass is 16.7. The van der Waals surface area contributed by atoms with Crippen LogP contribution in [0.2, 0.25) is 0 Å². The average molecular weight is 399 g/mol. The van der Waals surface area contributed by atoms with Crippen molar-refractivity contribution in [1.82, 2.24) is 20.0 Å². The molecule has 0 bridgehead atoms. The lowest BCUT2D eigenvalue weighted by molar-refractivity contribution is -0.121. The molecule has 1 aliphatic heterocycles. The molecule has 8 nitrogen and oxygen atoms in total. The number of carbonyl (C=O) groups is 1. The fourth-order valence-electron chi connectivity index (χ4n) is 3.28. The number of benzene rings is 2. The Morgan fingerprint density at radius 2 is 1.97 bits per heavy atom. The van der Waals surface area contributed by atoms with Gasteiger partial charge in [-0.2, -0.15) is 5.10 Å².